The summed E-state index contributed by atoms with van der Waals surface area (Å²) >= 11 is 7.61. The Morgan fingerprint density at radius 1 is 1.24 bits per heavy atom. The Balaban J connectivity index is 1.99. The summed E-state index contributed by atoms with van der Waals surface area (Å²) < 4.78 is 13.9. The van der Waals surface area contributed by atoms with Crippen LogP contribution in [-0.2, 0) is 6.42 Å². The maximum absolute atomic E-state index is 13.9. The van der Waals surface area contributed by atoms with Crippen molar-refractivity contribution in [1.82, 2.24) is 5.32 Å². The number of nitrogens with one attached hydrogen (secondary N) is 1. The van der Waals surface area contributed by atoms with Gasteiger partial charge >= 0.3 is 0 Å². The van der Waals surface area contributed by atoms with E-state index >= 15 is 0 Å². The third-order valence-corrected chi connectivity index (χ3v) is 4.80. The van der Waals surface area contributed by atoms with Gasteiger partial charge in [0.2, 0.25) is 0 Å². The average molecular weight is 324 g/mol. The molecule has 0 radical (unpaired) electrons. The molecule has 2 rings (SSSR count). The maximum atomic E-state index is 13.9. The molecule has 2 aromatic carbocycles. The standard InChI is InChI=1S/C17H19ClFNS/c1-12-5-3-7-15(9-12)21-11-14(20-2)10-13-6-4-8-16(18)17(13)19/h3-9,14,20H,10-11H2,1-2H3. The van der Waals surface area contributed by atoms with E-state index in [4.69, 9.17) is 11.6 Å². The van der Waals surface area contributed by atoms with Gasteiger partial charge in [0.05, 0.1) is 5.02 Å². The molecule has 1 N–H and O–H groups in total. The van der Waals surface area contributed by atoms with Gasteiger partial charge in [0.25, 0.3) is 0 Å². The molecule has 0 aliphatic heterocycles. The highest BCUT2D eigenvalue weighted by Crippen LogP contribution is 2.23. The van der Waals surface area contributed by atoms with E-state index in [9.17, 15) is 4.39 Å². The molecule has 1 atom stereocenters. The minimum absolute atomic E-state index is 0.189. The number of halogens is 2. The van der Waals surface area contributed by atoms with E-state index in [1.807, 2.05) is 7.05 Å². The van der Waals surface area contributed by atoms with E-state index in [0.717, 1.165) is 5.75 Å². The normalized spacial score (nSPS) is 12.4. The van der Waals surface area contributed by atoms with Crippen LogP contribution in [0.25, 0.3) is 0 Å². The summed E-state index contributed by atoms with van der Waals surface area (Å²) in [6.45, 7) is 2.08. The van der Waals surface area contributed by atoms with Crippen molar-refractivity contribution in [2.45, 2.75) is 24.3 Å². The lowest BCUT2D eigenvalue weighted by atomic mass is 10.1. The Hall–Kier alpha value is -1.03. The molecule has 21 heavy (non-hydrogen) atoms. The fraction of sp³-hybridized carbons (Fsp3) is 0.294. The lowest BCUT2D eigenvalue weighted by Gasteiger charge is -2.16. The molecular formula is C17H19ClFNS. The van der Waals surface area contributed by atoms with Crippen molar-refractivity contribution in [3.05, 3.63) is 64.4 Å². The summed E-state index contributed by atoms with van der Waals surface area (Å²) in [5, 5.41) is 3.44. The van der Waals surface area contributed by atoms with E-state index < -0.39 is 0 Å². The quantitative estimate of drug-likeness (QED) is 0.773. The van der Waals surface area contributed by atoms with Gasteiger partial charge in [-0.05, 0) is 44.2 Å². The van der Waals surface area contributed by atoms with Crippen molar-refractivity contribution in [3.8, 4) is 0 Å². The SMILES string of the molecule is CNC(CSc1cccc(C)c1)Cc1cccc(Cl)c1F. The molecular weight excluding hydrogens is 305 g/mol. The van der Waals surface area contributed by atoms with Crippen LogP contribution in [-0.4, -0.2) is 18.8 Å². The van der Waals surface area contributed by atoms with Gasteiger partial charge in [0.15, 0.2) is 0 Å². The zero-order chi connectivity index (χ0) is 15.2. The minimum atomic E-state index is -0.306. The van der Waals surface area contributed by atoms with E-state index in [2.05, 4.69) is 36.5 Å². The van der Waals surface area contributed by atoms with Gasteiger partial charge in [-0.3, -0.25) is 0 Å². The molecule has 0 aromatic heterocycles. The summed E-state index contributed by atoms with van der Waals surface area (Å²) in [5.41, 5.74) is 1.91. The lowest BCUT2D eigenvalue weighted by Crippen LogP contribution is -2.30. The molecule has 2 aromatic rings. The minimum Gasteiger partial charge on any atom is -0.316 e. The molecule has 1 nitrogen and oxygen atoms in total. The highest BCUT2D eigenvalue weighted by Gasteiger charge is 2.13. The monoisotopic (exact) mass is 323 g/mol. The molecule has 0 spiro atoms. The number of aryl methyl sites for hydroxylation is 1. The Labute approximate surface area is 134 Å². The van der Waals surface area contributed by atoms with E-state index in [-0.39, 0.29) is 16.9 Å². The highest BCUT2D eigenvalue weighted by molar-refractivity contribution is 7.99. The summed E-state index contributed by atoms with van der Waals surface area (Å²) in [6.07, 6.45) is 0.627. The second-order valence-corrected chi connectivity index (χ2v) is 6.53. The highest BCUT2D eigenvalue weighted by atomic mass is 35.5. The van der Waals surface area contributed by atoms with Crippen LogP contribution >= 0.6 is 23.4 Å². The van der Waals surface area contributed by atoms with Crippen molar-refractivity contribution in [3.63, 3.8) is 0 Å². The topological polar surface area (TPSA) is 12.0 Å². The predicted octanol–water partition coefficient (Wildman–Crippen LogP) is 4.71. The molecule has 4 heteroatoms. The summed E-state index contributed by atoms with van der Waals surface area (Å²) in [4.78, 5) is 1.24. The van der Waals surface area contributed by atoms with Crippen LogP contribution in [0, 0.1) is 12.7 Å². The summed E-state index contributed by atoms with van der Waals surface area (Å²) in [6, 6.07) is 13.8. The van der Waals surface area contributed by atoms with Gasteiger partial charge < -0.3 is 5.32 Å². The van der Waals surface area contributed by atoms with Gasteiger partial charge in [0.1, 0.15) is 5.82 Å². The Kier molecular flexibility index (Phi) is 6.09. The Bertz CT molecular complexity index is 603. The maximum Gasteiger partial charge on any atom is 0.145 e. The Morgan fingerprint density at radius 2 is 2.00 bits per heavy atom. The van der Waals surface area contributed by atoms with Crippen molar-refractivity contribution in [2.75, 3.05) is 12.8 Å². The predicted molar refractivity (Wildman–Crippen MR) is 89.9 cm³/mol. The molecule has 112 valence electrons. The van der Waals surface area contributed by atoms with Gasteiger partial charge in [-0.15, -0.1) is 11.8 Å². The average Bonchev–Trinajstić information content (AvgIpc) is 2.48. The number of rotatable bonds is 6. The van der Waals surface area contributed by atoms with Crippen LogP contribution in [0.5, 0.6) is 0 Å². The number of thioether (sulfide) groups is 1. The number of hydrogen-bond acceptors (Lipinski definition) is 2. The van der Waals surface area contributed by atoms with Gasteiger partial charge in [0, 0.05) is 16.7 Å². The van der Waals surface area contributed by atoms with Crippen LogP contribution in [0.2, 0.25) is 5.02 Å². The first kappa shape index (κ1) is 16.3. The Morgan fingerprint density at radius 3 is 2.71 bits per heavy atom. The molecule has 0 bridgehead atoms. The van der Waals surface area contributed by atoms with Gasteiger partial charge in [-0.25, -0.2) is 4.39 Å². The van der Waals surface area contributed by atoms with Crippen LogP contribution in [0.1, 0.15) is 11.1 Å². The summed E-state index contributed by atoms with van der Waals surface area (Å²) in [7, 11) is 1.91. The zero-order valence-electron chi connectivity index (χ0n) is 12.2. The number of benzene rings is 2. The first-order valence-corrected chi connectivity index (χ1v) is 8.26. The molecule has 0 aliphatic carbocycles. The second kappa shape index (κ2) is 7.83. The van der Waals surface area contributed by atoms with Crippen molar-refractivity contribution in [1.29, 1.82) is 0 Å². The molecule has 0 amide bonds. The molecule has 1 unspecified atom stereocenters. The van der Waals surface area contributed by atoms with Crippen molar-refractivity contribution in [2.24, 2.45) is 0 Å². The van der Waals surface area contributed by atoms with Gasteiger partial charge in [-0.2, -0.15) is 0 Å². The largest absolute Gasteiger partial charge is 0.316 e. The van der Waals surface area contributed by atoms with Gasteiger partial charge in [-0.1, -0.05) is 41.4 Å². The molecule has 0 saturated heterocycles. The molecule has 0 saturated carbocycles. The van der Waals surface area contributed by atoms with Crippen LogP contribution in [0.3, 0.4) is 0 Å². The van der Waals surface area contributed by atoms with Crippen molar-refractivity contribution < 1.29 is 4.39 Å². The number of hydrogen-bond donors (Lipinski definition) is 1. The van der Waals surface area contributed by atoms with Crippen LogP contribution in [0.4, 0.5) is 4.39 Å². The van der Waals surface area contributed by atoms with Crippen LogP contribution < -0.4 is 5.32 Å². The van der Waals surface area contributed by atoms with E-state index in [1.165, 1.54) is 10.5 Å². The molecule has 0 aliphatic rings. The fourth-order valence-corrected chi connectivity index (χ4v) is 3.43. The third-order valence-electron chi connectivity index (χ3n) is 3.35. The smallest absolute Gasteiger partial charge is 0.145 e. The van der Waals surface area contributed by atoms with Crippen LogP contribution in [0.15, 0.2) is 47.4 Å². The van der Waals surface area contributed by atoms with E-state index in [1.54, 1.807) is 30.0 Å². The molecule has 0 fully saturated rings. The summed E-state index contributed by atoms with van der Waals surface area (Å²) in [5.74, 6) is 0.575. The molecule has 0 heterocycles. The number of likely N-dealkylation sites (N-methyl/N-ethyl adjacent to an activating group) is 1. The van der Waals surface area contributed by atoms with Crippen molar-refractivity contribution >= 4 is 23.4 Å². The first-order valence-electron chi connectivity index (χ1n) is 6.89. The third kappa shape index (κ3) is 4.73. The lowest BCUT2D eigenvalue weighted by molar-refractivity contribution is 0.568. The first-order chi connectivity index (χ1) is 10.1. The zero-order valence-corrected chi connectivity index (χ0v) is 13.8. The second-order valence-electron chi connectivity index (χ2n) is 5.03. The fourth-order valence-electron chi connectivity index (χ4n) is 2.12. The van der Waals surface area contributed by atoms with E-state index in [0.29, 0.717) is 12.0 Å².